The molecule has 0 aromatic carbocycles. The fraction of sp³-hybridized carbons (Fsp3) is 0.729. The molecule has 8 nitrogen and oxygen atoms in total. The van der Waals surface area contributed by atoms with Gasteiger partial charge >= 0.3 is 7.82 Å². The quantitative estimate of drug-likeness (QED) is 0.0243. The summed E-state index contributed by atoms with van der Waals surface area (Å²) < 4.78 is 23.7. The molecule has 0 rings (SSSR count). The van der Waals surface area contributed by atoms with Crippen LogP contribution in [0.2, 0.25) is 0 Å². The monoisotopic (exact) mass is 1120 g/mol. The number of allylic oxidation sites excluding steroid dienone is 17. The Morgan fingerprint density at radius 2 is 0.772 bits per heavy atom. The number of aliphatic hydroxyl groups is 1. The number of phosphoric ester groups is 1. The van der Waals surface area contributed by atoms with Crippen molar-refractivity contribution in [3.63, 3.8) is 0 Å². The first kappa shape index (κ1) is 76.2. The second kappa shape index (κ2) is 59.8. The van der Waals surface area contributed by atoms with Gasteiger partial charge in [0.15, 0.2) is 0 Å². The van der Waals surface area contributed by atoms with Crippen LogP contribution in [-0.4, -0.2) is 73.4 Å². The Morgan fingerprint density at radius 3 is 1.16 bits per heavy atom. The highest BCUT2D eigenvalue weighted by Gasteiger charge is 2.27. The number of rotatable bonds is 59. The van der Waals surface area contributed by atoms with Gasteiger partial charge in [0.1, 0.15) is 13.2 Å². The molecule has 0 aliphatic rings. The van der Waals surface area contributed by atoms with Crippen molar-refractivity contribution in [3.8, 4) is 0 Å². The summed E-state index contributed by atoms with van der Waals surface area (Å²) in [5.41, 5.74) is 0. The summed E-state index contributed by atoms with van der Waals surface area (Å²) in [4.78, 5) is 23.3. The Labute approximate surface area is 489 Å². The van der Waals surface area contributed by atoms with E-state index in [2.05, 4.69) is 116 Å². The molecular formula is C70H126N2O6P+. The average molecular weight is 1120 g/mol. The van der Waals surface area contributed by atoms with E-state index in [0.29, 0.717) is 17.4 Å². The van der Waals surface area contributed by atoms with Crippen molar-refractivity contribution in [2.75, 3.05) is 40.9 Å². The summed E-state index contributed by atoms with van der Waals surface area (Å²) in [5, 5.41) is 13.9. The molecule has 1 amide bonds. The molecule has 3 unspecified atom stereocenters. The van der Waals surface area contributed by atoms with Crippen LogP contribution in [-0.2, 0) is 18.4 Å². The number of carbonyl (C=O) groups is 1. The molecule has 0 saturated carbocycles. The van der Waals surface area contributed by atoms with Crippen molar-refractivity contribution in [2.45, 2.75) is 289 Å². The van der Waals surface area contributed by atoms with Crippen LogP contribution in [0.4, 0.5) is 0 Å². The molecule has 0 radical (unpaired) electrons. The third kappa shape index (κ3) is 62.6. The highest BCUT2D eigenvalue weighted by Crippen LogP contribution is 2.43. The molecular weight excluding hydrogens is 996 g/mol. The smallest absolute Gasteiger partial charge is 0.387 e. The molecule has 0 heterocycles. The summed E-state index contributed by atoms with van der Waals surface area (Å²) in [7, 11) is 1.54. The zero-order valence-electron chi connectivity index (χ0n) is 52.1. The highest BCUT2D eigenvalue weighted by atomic mass is 31.2. The number of likely N-dealkylation sites (N-methyl/N-ethyl adjacent to an activating group) is 1. The standard InChI is InChI=1S/C70H125N2O6P/c1-6-8-10-12-14-16-18-20-22-24-26-27-28-29-30-31-32-33-34-35-36-37-38-39-40-41-42-43-44-45-46-48-50-52-54-56-58-60-62-64-70(74)71-68(67-78-79(75,76)77-66-65-72(3,4)5)69(73)63-61-59-57-55-53-51-49-47-25-23-21-19-17-15-13-11-9-7-2/h8,10,14,16,20,22,25-27,29-30,32-33,47,53,55,61,63,68-69,73H,6-7,9,11-13,15,17-19,21,23-24,28,31,34-46,48-52,54,56-60,62,64-67H2,1-5H3,(H-,71,74,75,76)/p+1/b10-8-,16-14-,22-20-,27-26-,30-29-,33-32-,47-25+,55-53+,63-61+. The summed E-state index contributed by atoms with van der Waals surface area (Å²) in [6.07, 6.45) is 88.0. The van der Waals surface area contributed by atoms with E-state index < -0.39 is 20.0 Å². The molecule has 9 heteroatoms. The topological polar surface area (TPSA) is 105 Å². The fourth-order valence-corrected chi connectivity index (χ4v) is 9.87. The third-order valence-electron chi connectivity index (χ3n) is 14.2. The molecule has 3 atom stereocenters. The van der Waals surface area contributed by atoms with Crippen molar-refractivity contribution in [1.29, 1.82) is 0 Å². The first-order chi connectivity index (χ1) is 38.5. The predicted octanol–water partition coefficient (Wildman–Crippen LogP) is 20.7. The Morgan fingerprint density at radius 1 is 0.443 bits per heavy atom. The van der Waals surface area contributed by atoms with Crippen LogP contribution in [0.15, 0.2) is 109 Å². The van der Waals surface area contributed by atoms with Gasteiger partial charge in [-0.05, 0) is 96.3 Å². The molecule has 0 saturated heterocycles. The highest BCUT2D eigenvalue weighted by molar-refractivity contribution is 7.47. The van der Waals surface area contributed by atoms with E-state index in [1.54, 1.807) is 6.08 Å². The Kier molecular flexibility index (Phi) is 57.6. The number of unbranched alkanes of at least 4 members (excludes halogenated alkanes) is 30. The van der Waals surface area contributed by atoms with Gasteiger partial charge in [0.2, 0.25) is 5.91 Å². The molecule has 0 aliphatic carbocycles. The number of aliphatic hydroxyl groups excluding tert-OH is 1. The van der Waals surface area contributed by atoms with Gasteiger partial charge in [-0.3, -0.25) is 13.8 Å². The van der Waals surface area contributed by atoms with E-state index in [4.69, 9.17) is 9.05 Å². The van der Waals surface area contributed by atoms with E-state index in [-0.39, 0.29) is 19.1 Å². The van der Waals surface area contributed by atoms with Crippen LogP contribution in [0, 0.1) is 0 Å². The molecule has 0 fully saturated rings. The van der Waals surface area contributed by atoms with E-state index in [1.165, 1.54) is 173 Å². The minimum atomic E-state index is -4.36. The van der Waals surface area contributed by atoms with Gasteiger partial charge in [0, 0.05) is 6.42 Å². The third-order valence-corrected chi connectivity index (χ3v) is 15.2. The predicted molar refractivity (Wildman–Crippen MR) is 345 cm³/mol. The van der Waals surface area contributed by atoms with Gasteiger partial charge < -0.3 is 19.8 Å². The van der Waals surface area contributed by atoms with Crippen LogP contribution in [0.3, 0.4) is 0 Å². The van der Waals surface area contributed by atoms with Crippen LogP contribution in [0.1, 0.15) is 277 Å². The van der Waals surface area contributed by atoms with E-state index in [0.717, 1.165) is 83.5 Å². The maximum Gasteiger partial charge on any atom is 0.472 e. The molecule has 0 bridgehead atoms. The van der Waals surface area contributed by atoms with Crippen molar-refractivity contribution in [3.05, 3.63) is 109 Å². The summed E-state index contributed by atoms with van der Waals surface area (Å²) >= 11 is 0. The molecule has 0 aromatic heterocycles. The van der Waals surface area contributed by atoms with E-state index >= 15 is 0 Å². The zero-order valence-corrected chi connectivity index (χ0v) is 53.0. The SMILES string of the molecule is CC/C=C\C/C=C\C/C=C\C/C=C\C/C=C\C/C=C\CCCCCCCCCCCCCCCCCCCCCCC(=O)NC(COP(=O)(O)OCC[N+](C)(C)C)C(O)/C=C/CC/C=C/CC/C=C/CCCCCCCCCC. The van der Waals surface area contributed by atoms with Gasteiger partial charge in [-0.15, -0.1) is 0 Å². The lowest BCUT2D eigenvalue weighted by Gasteiger charge is -2.25. The number of quaternary nitrogens is 1. The fourth-order valence-electron chi connectivity index (χ4n) is 9.14. The number of hydrogen-bond donors (Lipinski definition) is 3. The summed E-state index contributed by atoms with van der Waals surface area (Å²) in [6, 6.07) is -0.874. The lowest BCUT2D eigenvalue weighted by atomic mass is 10.0. The first-order valence-corrected chi connectivity index (χ1v) is 34.3. The molecule has 3 N–H and O–H groups in total. The van der Waals surface area contributed by atoms with Gasteiger partial charge in [-0.2, -0.15) is 0 Å². The van der Waals surface area contributed by atoms with Crippen LogP contribution < -0.4 is 5.32 Å². The van der Waals surface area contributed by atoms with Crippen LogP contribution >= 0.6 is 7.82 Å². The molecule has 0 spiro atoms. The number of nitrogens with zero attached hydrogens (tertiary/aromatic N) is 1. The molecule has 79 heavy (non-hydrogen) atoms. The number of nitrogens with one attached hydrogen (secondary N) is 1. The minimum Gasteiger partial charge on any atom is -0.387 e. The Balaban J connectivity index is 4.03. The van der Waals surface area contributed by atoms with Crippen LogP contribution in [0.25, 0.3) is 0 Å². The number of hydrogen-bond acceptors (Lipinski definition) is 5. The molecule has 456 valence electrons. The number of phosphoric acid groups is 1. The second-order valence-electron chi connectivity index (χ2n) is 23.1. The maximum atomic E-state index is 13.0. The van der Waals surface area contributed by atoms with Crippen molar-refractivity contribution in [2.24, 2.45) is 0 Å². The van der Waals surface area contributed by atoms with E-state index in [9.17, 15) is 19.4 Å². The molecule has 0 aromatic rings. The van der Waals surface area contributed by atoms with Crippen molar-refractivity contribution < 1.29 is 32.9 Å². The zero-order chi connectivity index (χ0) is 57.7. The van der Waals surface area contributed by atoms with Gasteiger partial charge in [0.25, 0.3) is 0 Å². The lowest BCUT2D eigenvalue weighted by molar-refractivity contribution is -0.870. The Bertz CT molecular complexity index is 1650. The summed E-state index contributed by atoms with van der Waals surface area (Å²) in [6.45, 7) is 4.68. The second-order valence-corrected chi connectivity index (χ2v) is 24.5. The van der Waals surface area contributed by atoms with Crippen molar-refractivity contribution >= 4 is 13.7 Å². The minimum absolute atomic E-state index is 0.0511. The lowest BCUT2D eigenvalue weighted by Crippen LogP contribution is -2.45. The number of carbonyl (C=O) groups excluding carboxylic acids is 1. The summed E-state index contributed by atoms with van der Waals surface area (Å²) in [5.74, 6) is -0.191. The van der Waals surface area contributed by atoms with Gasteiger partial charge in [0.05, 0.1) is 39.9 Å². The van der Waals surface area contributed by atoms with E-state index in [1.807, 2.05) is 27.2 Å². The Hall–Kier alpha value is -2.84. The maximum absolute atomic E-state index is 13.0. The van der Waals surface area contributed by atoms with Gasteiger partial charge in [-0.1, -0.05) is 284 Å². The average Bonchev–Trinajstić information content (AvgIpc) is 3.42. The largest absolute Gasteiger partial charge is 0.472 e. The molecule has 0 aliphatic heterocycles. The van der Waals surface area contributed by atoms with Gasteiger partial charge in [-0.25, -0.2) is 4.57 Å². The first-order valence-electron chi connectivity index (χ1n) is 32.8. The number of amides is 1. The van der Waals surface area contributed by atoms with Crippen molar-refractivity contribution in [1.82, 2.24) is 5.32 Å². The normalized spacial score (nSPS) is 14.5. The van der Waals surface area contributed by atoms with Crippen LogP contribution in [0.5, 0.6) is 0 Å².